The van der Waals surface area contributed by atoms with Gasteiger partial charge in [-0.15, -0.1) is 0 Å². The second kappa shape index (κ2) is 7.93. The van der Waals surface area contributed by atoms with Crippen LogP contribution in [0.15, 0.2) is 48.5 Å². The Kier molecular flexibility index (Phi) is 5.62. The lowest BCUT2D eigenvalue weighted by atomic mass is 10.1. The van der Waals surface area contributed by atoms with E-state index in [4.69, 9.17) is 14.7 Å². The average Bonchev–Trinajstić information content (AvgIpc) is 2.53. The van der Waals surface area contributed by atoms with E-state index in [0.717, 1.165) is 5.69 Å². The van der Waals surface area contributed by atoms with Gasteiger partial charge in [-0.3, -0.25) is 0 Å². The Hall–Kier alpha value is -2.51. The summed E-state index contributed by atoms with van der Waals surface area (Å²) in [6.45, 7) is 1.37. The molecule has 4 nitrogen and oxygen atoms in total. The molecule has 0 aromatic heterocycles. The molecule has 2 rings (SSSR count). The quantitative estimate of drug-likeness (QED) is 0.846. The molecule has 108 valence electrons. The normalized spacial score (nSPS) is 9.90. The number of nitriles is 1. The van der Waals surface area contributed by atoms with E-state index in [1.54, 1.807) is 7.11 Å². The number of anilines is 1. The molecule has 0 radical (unpaired) electrons. The minimum absolute atomic E-state index is 0.0557. The summed E-state index contributed by atoms with van der Waals surface area (Å²) in [5, 5.41) is 11.9. The predicted molar refractivity (Wildman–Crippen MR) is 82.0 cm³/mol. The van der Waals surface area contributed by atoms with Gasteiger partial charge in [-0.1, -0.05) is 30.3 Å². The number of hydrogen-bond acceptors (Lipinski definition) is 4. The Balaban J connectivity index is 2.01. The van der Waals surface area contributed by atoms with Crippen LogP contribution in [0.3, 0.4) is 0 Å². The maximum atomic E-state index is 8.53. The molecule has 0 fully saturated rings. The summed E-state index contributed by atoms with van der Waals surface area (Å²) in [7, 11) is 1.69. The summed E-state index contributed by atoms with van der Waals surface area (Å²) in [6, 6.07) is 17.7. The highest BCUT2D eigenvalue weighted by Crippen LogP contribution is 2.19. The Morgan fingerprint density at radius 1 is 1.10 bits per heavy atom. The van der Waals surface area contributed by atoms with Gasteiger partial charge in [0.15, 0.2) is 6.61 Å². The van der Waals surface area contributed by atoms with Crippen LogP contribution in [0.2, 0.25) is 0 Å². The Bertz CT molecular complexity index is 620. The van der Waals surface area contributed by atoms with Gasteiger partial charge in [0.05, 0.1) is 6.61 Å². The van der Waals surface area contributed by atoms with Gasteiger partial charge in [-0.25, -0.2) is 0 Å². The molecular weight excluding hydrogens is 264 g/mol. The van der Waals surface area contributed by atoms with Crippen LogP contribution in [0.25, 0.3) is 0 Å². The highest BCUT2D eigenvalue weighted by Gasteiger charge is 2.02. The van der Waals surface area contributed by atoms with Crippen molar-refractivity contribution in [2.75, 3.05) is 19.0 Å². The summed E-state index contributed by atoms with van der Waals surface area (Å²) >= 11 is 0. The van der Waals surface area contributed by atoms with Crippen molar-refractivity contribution in [2.24, 2.45) is 0 Å². The minimum atomic E-state index is 0.0557. The zero-order valence-electron chi connectivity index (χ0n) is 12.0. The molecule has 0 saturated heterocycles. The fraction of sp³-hybridized carbons (Fsp3) is 0.235. The van der Waals surface area contributed by atoms with Gasteiger partial charge >= 0.3 is 0 Å². The molecule has 0 bridgehead atoms. The SMILES string of the molecule is COCc1ccccc1CNc1cccc(OCC#N)c1. The van der Waals surface area contributed by atoms with Crippen LogP contribution in [-0.2, 0) is 17.9 Å². The van der Waals surface area contributed by atoms with Crippen LogP contribution >= 0.6 is 0 Å². The maximum absolute atomic E-state index is 8.53. The van der Waals surface area contributed by atoms with Crippen molar-refractivity contribution in [2.45, 2.75) is 13.2 Å². The molecule has 1 N–H and O–H groups in total. The number of rotatable bonds is 7. The zero-order valence-corrected chi connectivity index (χ0v) is 12.0. The second-order valence-corrected chi connectivity index (χ2v) is 4.53. The van der Waals surface area contributed by atoms with Crippen LogP contribution < -0.4 is 10.1 Å². The summed E-state index contributed by atoms with van der Waals surface area (Å²) in [5.41, 5.74) is 3.32. The lowest BCUT2D eigenvalue weighted by Gasteiger charge is -2.12. The number of nitrogens with one attached hydrogen (secondary N) is 1. The van der Waals surface area contributed by atoms with Crippen LogP contribution in [0, 0.1) is 11.3 Å². The lowest BCUT2D eigenvalue weighted by molar-refractivity contribution is 0.184. The molecular formula is C17H18N2O2. The van der Waals surface area contributed by atoms with Crippen molar-refractivity contribution in [3.8, 4) is 11.8 Å². The summed E-state index contributed by atoms with van der Waals surface area (Å²) in [4.78, 5) is 0. The van der Waals surface area contributed by atoms with Crippen molar-refractivity contribution < 1.29 is 9.47 Å². The molecule has 0 spiro atoms. The first kappa shape index (κ1) is 14.9. The van der Waals surface area contributed by atoms with E-state index in [0.29, 0.717) is 18.9 Å². The highest BCUT2D eigenvalue weighted by molar-refractivity contribution is 5.49. The molecule has 0 aliphatic carbocycles. The standard InChI is InChI=1S/C17H18N2O2/c1-20-13-15-6-3-2-5-14(15)12-19-16-7-4-8-17(11-16)21-10-9-18/h2-8,11,19H,10,12-13H2,1H3. The van der Waals surface area contributed by atoms with Gasteiger partial charge in [0, 0.05) is 25.4 Å². The third-order valence-corrected chi connectivity index (χ3v) is 3.04. The van der Waals surface area contributed by atoms with Gasteiger partial charge in [-0.2, -0.15) is 5.26 Å². The van der Waals surface area contributed by atoms with E-state index >= 15 is 0 Å². The molecule has 4 heteroatoms. The number of benzene rings is 2. The number of methoxy groups -OCH3 is 1. The second-order valence-electron chi connectivity index (χ2n) is 4.53. The van der Waals surface area contributed by atoms with Crippen molar-refractivity contribution in [1.82, 2.24) is 0 Å². The van der Waals surface area contributed by atoms with E-state index in [-0.39, 0.29) is 6.61 Å². The number of hydrogen-bond donors (Lipinski definition) is 1. The van der Waals surface area contributed by atoms with Gasteiger partial charge in [0.25, 0.3) is 0 Å². The van der Waals surface area contributed by atoms with Crippen LogP contribution in [0.1, 0.15) is 11.1 Å². The molecule has 0 atom stereocenters. The lowest BCUT2D eigenvalue weighted by Crippen LogP contribution is -2.04. The first-order chi connectivity index (χ1) is 10.3. The third-order valence-electron chi connectivity index (χ3n) is 3.04. The van der Waals surface area contributed by atoms with Crippen molar-refractivity contribution in [1.29, 1.82) is 5.26 Å². The summed E-state index contributed by atoms with van der Waals surface area (Å²) in [6.07, 6.45) is 0. The molecule has 0 aliphatic rings. The molecule has 0 amide bonds. The largest absolute Gasteiger partial charge is 0.479 e. The van der Waals surface area contributed by atoms with E-state index in [9.17, 15) is 0 Å². The smallest absolute Gasteiger partial charge is 0.174 e. The molecule has 0 unspecified atom stereocenters. The first-order valence-electron chi connectivity index (χ1n) is 6.73. The molecule has 0 aliphatic heterocycles. The van der Waals surface area contributed by atoms with Crippen molar-refractivity contribution in [3.63, 3.8) is 0 Å². The maximum Gasteiger partial charge on any atom is 0.174 e. The summed E-state index contributed by atoms with van der Waals surface area (Å²) in [5.74, 6) is 0.687. The molecule has 0 heterocycles. The number of nitrogens with zero attached hydrogens (tertiary/aromatic N) is 1. The minimum Gasteiger partial charge on any atom is -0.479 e. The average molecular weight is 282 g/mol. The van der Waals surface area contributed by atoms with Gasteiger partial charge in [0.2, 0.25) is 0 Å². The van der Waals surface area contributed by atoms with Gasteiger partial charge in [0.1, 0.15) is 11.8 Å². The number of ether oxygens (including phenoxy) is 2. The molecule has 2 aromatic rings. The van der Waals surface area contributed by atoms with Crippen LogP contribution in [0.5, 0.6) is 5.75 Å². The first-order valence-corrected chi connectivity index (χ1v) is 6.73. The van der Waals surface area contributed by atoms with Crippen LogP contribution in [-0.4, -0.2) is 13.7 Å². The van der Waals surface area contributed by atoms with E-state index in [1.165, 1.54) is 11.1 Å². The van der Waals surface area contributed by atoms with Gasteiger partial charge < -0.3 is 14.8 Å². The van der Waals surface area contributed by atoms with Crippen molar-refractivity contribution in [3.05, 3.63) is 59.7 Å². The topological polar surface area (TPSA) is 54.3 Å². The van der Waals surface area contributed by atoms with E-state index in [2.05, 4.69) is 17.4 Å². The van der Waals surface area contributed by atoms with E-state index in [1.807, 2.05) is 42.5 Å². The summed E-state index contributed by atoms with van der Waals surface area (Å²) < 4.78 is 10.5. The highest BCUT2D eigenvalue weighted by atomic mass is 16.5. The van der Waals surface area contributed by atoms with E-state index < -0.39 is 0 Å². The van der Waals surface area contributed by atoms with Gasteiger partial charge in [-0.05, 0) is 23.3 Å². The Morgan fingerprint density at radius 2 is 1.90 bits per heavy atom. The van der Waals surface area contributed by atoms with Crippen molar-refractivity contribution >= 4 is 5.69 Å². The third kappa shape index (κ3) is 4.51. The predicted octanol–water partition coefficient (Wildman–Crippen LogP) is 3.35. The van der Waals surface area contributed by atoms with Crippen LogP contribution in [0.4, 0.5) is 5.69 Å². The molecule has 21 heavy (non-hydrogen) atoms. The monoisotopic (exact) mass is 282 g/mol. The zero-order chi connectivity index (χ0) is 14.9. The Labute approximate surface area is 124 Å². The Morgan fingerprint density at radius 3 is 2.67 bits per heavy atom. The molecule has 2 aromatic carbocycles. The fourth-order valence-electron chi connectivity index (χ4n) is 2.04. The molecule has 0 saturated carbocycles. The fourth-order valence-corrected chi connectivity index (χ4v) is 2.04.